The molecule has 0 saturated carbocycles. The van der Waals surface area contributed by atoms with Crippen molar-refractivity contribution in [3.05, 3.63) is 93.6 Å². The third-order valence-corrected chi connectivity index (χ3v) is 11.0. The minimum absolute atomic E-state index is 0.0862. The van der Waals surface area contributed by atoms with Crippen LogP contribution in [0.3, 0.4) is 0 Å². The van der Waals surface area contributed by atoms with E-state index in [1.165, 1.54) is 16.7 Å². The first kappa shape index (κ1) is 40.4. The molecule has 2 aromatic carbocycles. The lowest BCUT2D eigenvalue weighted by molar-refractivity contribution is -0.121. The summed E-state index contributed by atoms with van der Waals surface area (Å²) in [4.78, 5) is 34.7. The van der Waals surface area contributed by atoms with Gasteiger partial charge in [-0.3, -0.25) is 14.4 Å². The number of carbonyl (C=O) groups is 3. The second-order valence-electron chi connectivity index (χ2n) is 14.9. The van der Waals surface area contributed by atoms with Crippen molar-refractivity contribution in [3.8, 4) is 23.0 Å². The number of unbranched alkanes of at least 4 members (excludes halogenated alkanes) is 5. The van der Waals surface area contributed by atoms with Crippen LogP contribution >= 0.6 is 0 Å². The molecule has 52 heavy (non-hydrogen) atoms. The van der Waals surface area contributed by atoms with E-state index >= 15 is 0 Å². The van der Waals surface area contributed by atoms with Gasteiger partial charge in [-0.25, -0.2) is 0 Å². The molecular weight excluding hydrogens is 652 g/mol. The maximum Gasteiger partial charge on any atom is 0.298 e. The first-order valence-electron chi connectivity index (χ1n) is 19.1. The molecule has 0 bridgehead atoms. The molecule has 2 aromatic rings. The second-order valence-corrected chi connectivity index (χ2v) is 14.9. The molecule has 4 rings (SSSR count). The number of hydrogen-bond donors (Lipinski definition) is 1. The summed E-state index contributed by atoms with van der Waals surface area (Å²) in [6, 6.07) is 7.59. The van der Waals surface area contributed by atoms with Crippen molar-refractivity contribution < 1.29 is 33.7 Å². The minimum atomic E-state index is -0.105. The smallest absolute Gasteiger partial charge is 0.298 e. The average Bonchev–Trinajstić information content (AvgIpc) is 3.10. The standard InChI is InChI=1S/C45H58O7/c1-7-8-11-15-34-23-40(49)44(41(24-34)50-27-46)39-22-32(5)18-20-37(39)33(6)14-12-9-10-13-16-35-25-42(51-28-47)45(43(26-35)52-29-48)38-21-31(4)17-19-36(38)30(2)3/h14,21-29,36-39,49H,2,7-13,15-20H2,1,3-6H3. The first-order valence-corrected chi connectivity index (χ1v) is 19.1. The van der Waals surface area contributed by atoms with Crippen LogP contribution < -0.4 is 14.2 Å². The van der Waals surface area contributed by atoms with Gasteiger partial charge < -0.3 is 19.3 Å². The number of carbonyl (C=O) groups excluding carboxylic acids is 3. The SMILES string of the molecule is C=C(C)C1CCC(C)=CC1c1c(OC=O)cc(CCCCCC=C(C)C2CCC(C)=CC2c2c(O)cc(CCCCC)cc2OC=O)cc1OC=O. The lowest BCUT2D eigenvalue weighted by Gasteiger charge is -2.32. The van der Waals surface area contributed by atoms with Crippen molar-refractivity contribution >= 4 is 19.4 Å². The van der Waals surface area contributed by atoms with Gasteiger partial charge in [-0.15, -0.1) is 0 Å². The molecule has 2 aliphatic rings. The Labute approximate surface area is 310 Å². The summed E-state index contributed by atoms with van der Waals surface area (Å²) in [5.41, 5.74) is 8.17. The third kappa shape index (κ3) is 10.6. The molecule has 1 N–H and O–H groups in total. The molecule has 0 saturated heterocycles. The molecule has 0 amide bonds. The normalized spacial score (nSPS) is 20.4. The highest BCUT2D eigenvalue weighted by Crippen LogP contribution is 2.49. The lowest BCUT2D eigenvalue weighted by Crippen LogP contribution is -2.19. The molecule has 0 radical (unpaired) electrons. The predicted molar refractivity (Wildman–Crippen MR) is 207 cm³/mol. The van der Waals surface area contributed by atoms with Crippen LogP contribution in [-0.4, -0.2) is 24.5 Å². The minimum Gasteiger partial charge on any atom is -0.507 e. The fraction of sp³-hybridized carbons (Fsp3) is 0.489. The second kappa shape index (κ2) is 20.0. The van der Waals surface area contributed by atoms with Crippen LogP contribution in [0.4, 0.5) is 0 Å². The zero-order valence-corrected chi connectivity index (χ0v) is 31.9. The predicted octanol–water partition coefficient (Wildman–Crippen LogP) is 10.9. The van der Waals surface area contributed by atoms with E-state index in [0.29, 0.717) is 47.8 Å². The highest BCUT2D eigenvalue weighted by Gasteiger charge is 2.33. The Bertz CT molecular complexity index is 1630. The van der Waals surface area contributed by atoms with Gasteiger partial charge in [0, 0.05) is 23.0 Å². The van der Waals surface area contributed by atoms with Gasteiger partial charge in [0.2, 0.25) is 0 Å². The Hall–Kier alpha value is -4.39. The molecule has 0 heterocycles. The lowest BCUT2D eigenvalue weighted by atomic mass is 9.73. The molecule has 0 aromatic heterocycles. The summed E-state index contributed by atoms with van der Waals surface area (Å²) >= 11 is 0. The van der Waals surface area contributed by atoms with Crippen molar-refractivity contribution in [2.24, 2.45) is 11.8 Å². The van der Waals surface area contributed by atoms with E-state index < -0.39 is 0 Å². The fourth-order valence-corrected chi connectivity index (χ4v) is 8.20. The molecular formula is C45H58O7. The van der Waals surface area contributed by atoms with E-state index in [-0.39, 0.29) is 29.4 Å². The van der Waals surface area contributed by atoms with Crippen molar-refractivity contribution in [2.75, 3.05) is 0 Å². The van der Waals surface area contributed by atoms with Crippen LogP contribution in [0.5, 0.6) is 23.0 Å². The Morgan fingerprint density at radius 1 is 0.731 bits per heavy atom. The third-order valence-electron chi connectivity index (χ3n) is 11.0. The highest BCUT2D eigenvalue weighted by molar-refractivity contribution is 5.61. The molecule has 0 spiro atoms. The van der Waals surface area contributed by atoms with Crippen LogP contribution in [0.1, 0.15) is 139 Å². The maximum absolute atomic E-state index is 11.6. The topological polar surface area (TPSA) is 99.1 Å². The van der Waals surface area contributed by atoms with Gasteiger partial charge in [-0.05, 0) is 139 Å². The van der Waals surface area contributed by atoms with E-state index in [1.807, 2.05) is 31.2 Å². The summed E-state index contributed by atoms with van der Waals surface area (Å²) in [7, 11) is 0. The van der Waals surface area contributed by atoms with Gasteiger partial charge in [0.15, 0.2) is 0 Å². The van der Waals surface area contributed by atoms with Crippen LogP contribution in [0.2, 0.25) is 0 Å². The maximum atomic E-state index is 11.6. The van der Waals surface area contributed by atoms with Gasteiger partial charge in [-0.2, -0.15) is 0 Å². The van der Waals surface area contributed by atoms with Crippen molar-refractivity contribution in [1.29, 1.82) is 0 Å². The Balaban J connectivity index is 1.44. The summed E-state index contributed by atoms with van der Waals surface area (Å²) in [6.45, 7) is 16.1. The molecule has 4 atom stereocenters. The van der Waals surface area contributed by atoms with E-state index in [4.69, 9.17) is 14.2 Å². The summed E-state index contributed by atoms with van der Waals surface area (Å²) in [6.07, 6.45) is 19.2. The van der Waals surface area contributed by atoms with Gasteiger partial charge in [0.25, 0.3) is 19.4 Å². The van der Waals surface area contributed by atoms with Crippen LogP contribution in [0.15, 0.2) is 71.4 Å². The van der Waals surface area contributed by atoms with E-state index in [0.717, 1.165) is 100 Å². The molecule has 0 fully saturated rings. The quantitative estimate of drug-likeness (QED) is 0.0829. The average molecular weight is 711 g/mol. The van der Waals surface area contributed by atoms with Gasteiger partial charge >= 0.3 is 0 Å². The van der Waals surface area contributed by atoms with Crippen LogP contribution in [0.25, 0.3) is 0 Å². The Kier molecular flexibility index (Phi) is 15.5. The fourth-order valence-electron chi connectivity index (χ4n) is 8.20. The largest absolute Gasteiger partial charge is 0.507 e. The number of allylic oxidation sites excluding steroid dienone is 7. The zero-order chi connectivity index (χ0) is 37.6. The molecule has 2 aliphatic carbocycles. The van der Waals surface area contributed by atoms with E-state index in [9.17, 15) is 19.5 Å². The molecule has 4 unspecified atom stereocenters. The van der Waals surface area contributed by atoms with Gasteiger partial charge in [0.1, 0.15) is 23.0 Å². The van der Waals surface area contributed by atoms with Gasteiger partial charge in [-0.1, -0.05) is 73.3 Å². The molecule has 7 nitrogen and oxygen atoms in total. The van der Waals surface area contributed by atoms with Gasteiger partial charge in [0.05, 0.1) is 0 Å². The number of phenolic OH excluding ortho intramolecular Hbond substituents is 1. The van der Waals surface area contributed by atoms with E-state index in [1.54, 1.807) is 0 Å². The molecule has 7 heteroatoms. The van der Waals surface area contributed by atoms with Crippen molar-refractivity contribution in [3.63, 3.8) is 0 Å². The molecule has 280 valence electrons. The number of ether oxygens (including phenoxy) is 3. The number of aromatic hydroxyl groups is 1. The molecule has 0 aliphatic heterocycles. The number of phenols is 1. The monoisotopic (exact) mass is 710 g/mol. The number of benzene rings is 2. The zero-order valence-electron chi connectivity index (χ0n) is 31.9. The van der Waals surface area contributed by atoms with Crippen LogP contribution in [-0.2, 0) is 27.2 Å². The Morgan fingerprint density at radius 3 is 1.77 bits per heavy atom. The van der Waals surface area contributed by atoms with Crippen molar-refractivity contribution in [2.45, 2.75) is 130 Å². The van der Waals surface area contributed by atoms with E-state index in [2.05, 4.69) is 52.5 Å². The van der Waals surface area contributed by atoms with Crippen LogP contribution in [0, 0.1) is 11.8 Å². The number of rotatable bonds is 20. The summed E-state index contributed by atoms with van der Waals surface area (Å²) in [5, 5.41) is 11.3. The summed E-state index contributed by atoms with van der Waals surface area (Å²) in [5.74, 6) is 1.64. The highest BCUT2D eigenvalue weighted by atomic mass is 16.5. The number of aryl methyl sites for hydroxylation is 2. The Morgan fingerprint density at radius 2 is 1.23 bits per heavy atom. The first-order chi connectivity index (χ1) is 25.1. The number of hydrogen-bond acceptors (Lipinski definition) is 7. The summed E-state index contributed by atoms with van der Waals surface area (Å²) < 4.78 is 16.5. The van der Waals surface area contributed by atoms with Crippen molar-refractivity contribution in [1.82, 2.24) is 0 Å².